The molecular weight excluding hydrogens is 574 g/mol. The lowest BCUT2D eigenvalue weighted by atomic mass is 10.1. The number of benzene rings is 4. The zero-order valence-electron chi connectivity index (χ0n) is 23.3. The van der Waals surface area contributed by atoms with Crippen molar-refractivity contribution in [3.05, 3.63) is 120 Å². The van der Waals surface area contributed by atoms with Crippen LogP contribution in [0.15, 0.2) is 114 Å². The van der Waals surface area contributed by atoms with E-state index in [1.165, 1.54) is 17.0 Å². The maximum Gasteiger partial charge on any atom is 0.264 e. The molecule has 1 atom stereocenters. The van der Waals surface area contributed by atoms with Gasteiger partial charge in [0.1, 0.15) is 24.1 Å². The molecule has 0 bridgehead atoms. The highest BCUT2D eigenvalue weighted by atomic mass is 35.5. The summed E-state index contributed by atoms with van der Waals surface area (Å²) in [6, 6.07) is 29.6. The van der Waals surface area contributed by atoms with Crippen LogP contribution in [-0.2, 0) is 26.2 Å². The van der Waals surface area contributed by atoms with Crippen LogP contribution in [0.2, 0.25) is 5.02 Å². The predicted octanol–water partition coefficient (Wildman–Crippen LogP) is 5.88. The number of carbonyl (C=O) groups excluding carboxylic acids is 2. The van der Waals surface area contributed by atoms with Crippen molar-refractivity contribution < 1.29 is 22.7 Å². The number of anilines is 1. The molecule has 2 amide bonds. The number of hydrogen-bond acceptors (Lipinski definition) is 5. The van der Waals surface area contributed by atoms with E-state index >= 15 is 0 Å². The molecule has 0 heterocycles. The number of carbonyl (C=O) groups is 2. The fraction of sp³-hybridized carbons (Fsp3) is 0.188. The van der Waals surface area contributed by atoms with Gasteiger partial charge in [0.2, 0.25) is 11.8 Å². The zero-order chi connectivity index (χ0) is 30.1. The van der Waals surface area contributed by atoms with Crippen molar-refractivity contribution >= 4 is 39.1 Å². The highest BCUT2D eigenvalue weighted by molar-refractivity contribution is 7.92. The van der Waals surface area contributed by atoms with Crippen molar-refractivity contribution in [3.8, 4) is 11.5 Å². The van der Waals surface area contributed by atoms with Crippen LogP contribution in [0.5, 0.6) is 11.5 Å². The minimum atomic E-state index is -4.17. The SMILES string of the molecule is CCNC(=O)C(C)N(Cc1cccc(Cl)c1)C(=O)CN(c1ccc(Oc2ccccc2)cc1)S(=O)(=O)c1ccccc1. The molecule has 0 saturated heterocycles. The molecule has 1 unspecified atom stereocenters. The molecule has 10 heteroatoms. The van der Waals surface area contributed by atoms with Crippen molar-refractivity contribution in [1.82, 2.24) is 10.2 Å². The van der Waals surface area contributed by atoms with Gasteiger partial charge in [-0.15, -0.1) is 0 Å². The van der Waals surface area contributed by atoms with Gasteiger partial charge in [-0.1, -0.05) is 60.1 Å². The number of amides is 2. The van der Waals surface area contributed by atoms with Crippen LogP contribution >= 0.6 is 11.6 Å². The number of para-hydroxylation sites is 1. The van der Waals surface area contributed by atoms with E-state index in [9.17, 15) is 18.0 Å². The van der Waals surface area contributed by atoms with Crippen molar-refractivity contribution in [3.63, 3.8) is 0 Å². The second-order valence-corrected chi connectivity index (χ2v) is 11.8. The molecule has 0 radical (unpaired) electrons. The Kier molecular flexibility index (Phi) is 10.2. The van der Waals surface area contributed by atoms with Crippen molar-refractivity contribution in [2.24, 2.45) is 0 Å². The Morgan fingerprint density at radius 3 is 2.10 bits per heavy atom. The summed E-state index contributed by atoms with van der Waals surface area (Å²) in [5, 5.41) is 3.22. The first kappa shape index (κ1) is 30.6. The average molecular weight is 606 g/mol. The van der Waals surface area contributed by atoms with Crippen LogP contribution in [-0.4, -0.2) is 44.3 Å². The van der Waals surface area contributed by atoms with Crippen LogP contribution < -0.4 is 14.4 Å². The summed E-state index contributed by atoms with van der Waals surface area (Å²) in [6.07, 6.45) is 0. The normalized spacial score (nSPS) is 11.8. The Hall–Kier alpha value is -4.34. The number of halogens is 1. The zero-order valence-corrected chi connectivity index (χ0v) is 24.9. The molecule has 4 aromatic rings. The number of ether oxygens (including phenoxy) is 1. The second-order valence-electron chi connectivity index (χ2n) is 9.46. The van der Waals surface area contributed by atoms with Gasteiger partial charge < -0.3 is 15.0 Å². The third kappa shape index (κ3) is 7.69. The Morgan fingerprint density at radius 1 is 0.857 bits per heavy atom. The molecule has 218 valence electrons. The highest BCUT2D eigenvalue weighted by Crippen LogP contribution is 2.28. The number of sulfonamides is 1. The third-order valence-electron chi connectivity index (χ3n) is 6.47. The molecule has 0 aliphatic heterocycles. The Bertz CT molecular complexity index is 1600. The van der Waals surface area contributed by atoms with Crippen LogP contribution in [0.25, 0.3) is 0 Å². The molecule has 1 N–H and O–H groups in total. The van der Waals surface area contributed by atoms with Crippen molar-refractivity contribution in [2.75, 3.05) is 17.4 Å². The summed E-state index contributed by atoms with van der Waals surface area (Å²) in [4.78, 5) is 28.2. The Balaban J connectivity index is 1.69. The lowest BCUT2D eigenvalue weighted by Gasteiger charge is -2.32. The first-order valence-electron chi connectivity index (χ1n) is 13.4. The minimum Gasteiger partial charge on any atom is -0.457 e. The van der Waals surface area contributed by atoms with E-state index in [1.54, 1.807) is 80.6 Å². The van der Waals surface area contributed by atoms with Gasteiger partial charge in [-0.2, -0.15) is 0 Å². The average Bonchev–Trinajstić information content (AvgIpc) is 3.00. The van der Waals surface area contributed by atoms with Gasteiger partial charge in [0.25, 0.3) is 10.0 Å². The topological polar surface area (TPSA) is 96.0 Å². The van der Waals surface area contributed by atoms with Crippen LogP contribution in [0.3, 0.4) is 0 Å². The number of nitrogens with one attached hydrogen (secondary N) is 1. The molecule has 0 fully saturated rings. The fourth-order valence-corrected chi connectivity index (χ4v) is 5.94. The van der Waals surface area contributed by atoms with E-state index in [1.807, 2.05) is 30.3 Å². The molecule has 0 spiro atoms. The lowest BCUT2D eigenvalue weighted by Crippen LogP contribution is -2.51. The van der Waals surface area contributed by atoms with Gasteiger partial charge in [0.05, 0.1) is 10.6 Å². The summed E-state index contributed by atoms with van der Waals surface area (Å²) in [5.74, 6) is 0.219. The van der Waals surface area contributed by atoms with E-state index in [0.29, 0.717) is 28.6 Å². The van der Waals surface area contributed by atoms with Gasteiger partial charge in [-0.25, -0.2) is 8.42 Å². The number of nitrogens with zero attached hydrogens (tertiary/aromatic N) is 2. The van der Waals surface area contributed by atoms with Gasteiger partial charge in [0.15, 0.2) is 0 Å². The van der Waals surface area contributed by atoms with E-state index in [4.69, 9.17) is 16.3 Å². The molecule has 4 aromatic carbocycles. The van der Waals surface area contributed by atoms with E-state index in [2.05, 4.69) is 5.32 Å². The van der Waals surface area contributed by atoms with Gasteiger partial charge in [0, 0.05) is 18.1 Å². The quantitative estimate of drug-likeness (QED) is 0.218. The molecule has 0 aromatic heterocycles. The van der Waals surface area contributed by atoms with Crippen LogP contribution in [0, 0.1) is 0 Å². The monoisotopic (exact) mass is 605 g/mol. The molecule has 4 rings (SSSR count). The predicted molar refractivity (Wildman–Crippen MR) is 164 cm³/mol. The Morgan fingerprint density at radius 2 is 1.48 bits per heavy atom. The summed E-state index contributed by atoms with van der Waals surface area (Å²) in [6.45, 7) is 3.29. The summed E-state index contributed by atoms with van der Waals surface area (Å²) < 4.78 is 34.7. The van der Waals surface area contributed by atoms with Crippen LogP contribution in [0.4, 0.5) is 5.69 Å². The largest absolute Gasteiger partial charge is 0.457 e. The maximum atomic E-state index is 13.9. The van der Waals surface area contributed by atoms with Crippen molar-refractivity contribution in [2.45, 2.75) is 31.3 Å². The van der Waals surface area contributed by atoms with Crippen molar-refractivity contribution in [1.29, 1.82) is 0 Å². The highest BCUT2D eigenvalue weighted by Gasteiger charge is 2.32. The minimum absolute atomic E-state index is 0.0283. The van der Waals surface area contributed by atoms with Gasteiger partial charge >= 0.3 is 0 Å². The van der Waals surface area contributed by atoms with Crippen LogP contribution in [0.1, 0.15) is 19.4 Å². The molecule has 0 aliphatic carbocycles. The second kappa shape index (κ2) is 14.0. The van der Waals surface area contributed by atoms with Gasteiger partial charge in [-0.3, -0.25) is 13.9 Å². The molecule has 8 nitrogen and oxygen atoms in total. The molecule has 0 saturated carbocycles. The standard InChI is InChI=1S/C32H32ClN3O5S/c1-3-34-32(38)24(2)35(22-25-11-10-12-26(33)21-25)31(37)23-36(42(39,40)30-15-8-5-9-16-30)27-17-19-29(20-18-27)41-28-13-6-4-7-14-28/h4-21,24H,3,22-23H2,1-2H3,(H,34,38). The van der Waals surface area contributed by atoms with E-state index in [0.717, 1.165) is 4.31 Å². The summed E-state index contributed by atoms with van der Waals surface area (Å²) in [7, 11) is -4.17. The first-order valence-corrected chi connectivity index (χ1v) is 15.2. The Labute approximate surface area is 251 Å². The van der Waals surface area contributed by atoms with E-state index < -0.39 is 28.5 Å². The summed E-state index contributed by atoms with van der Waals surface area (Å²) >= 11 is 6.18. The smallest absolute Gasteiger partial charge is 0.264 e. The maximum absolute atomic E-state index is 13.9. The number of hydrogen-bond donors (Lipinski definition) is 1. The fourth-order valence-electron chi connectivity index (χ4n) is 4.29. The lowest BCUT2D eigenvalue weighted by molar-refractivity contribution is -0.139. The summed E-state index contributed by atoms with van der Waals surface area (Å²) in [5.41, 5.74) is 0.966. The molecule has 42 heavy (non-hydrogen) atoms. The first-order chi connectivity index (χ1) is 20.2. The molecular formula is C32H32ClN3O5S. The molecule has 0 aliphatic rings. The number of rotatable bonds is 12. The van der Waals surface area contributed by atoms with Gasteiger partial charge in [-0.05, 0) is 80.1 Å². The third-order valence-corrected chi connectivity index (χ3v) is 8.50. The number of likely N-dealkylation sites (N-methyl/N-ethyl adjacent to an activating group) is 1. The van der Waals surface area contributed by atoms with E-state index in [-0.39, 0.29) is 23.0 Å².